The Hall–Kier alpha value is -2.16. The second-order valence-corrected chi connectivity index (χ2v) is 11.8. The molecule has 1 heterocycles. The van der Waals surface area contributed by atoms with Crippen LogP contribution in [0.2, 0.25) is 0 Å². The summed E-state index contributed by atoms with van der Waals surface area (Å²) in [5, 5.41) is 2.29. The highest BCUT2D eigenvalue weighted by atomic mass is 32.2. The maximum atomic E-state index is 14.2. The summed E-state index contributed by atoms with van der Waals surface area (Å²) in [6.45, 7) is 5.36. The average Bonchev–Trinajstić information content (AvgIpc) is 3.57. The van der Waals surface area contributed by atoms with E-state index in [1.807, 2.05) is 13.8 Å². The van der Waals surface area contributed by atoms with Crippen molar-refractivity contribution in [2.45, 2.75) is 58.3 Å². The standard InChI is InChI=1S/C24H35FN2O5S/c1-17(2)20(19-8-9-21(25)22(14-19)32-15-18-6-7-18)16-33(30,31)13-5-3-4-11-27-12-10-23(28)26-24(27)29/h8-9,14,17-18,20H,3-7,10-13,15-16H2,1-2H3,(H,26,28,29). The number of hydrogen-bond acceptors (Lipinski definition) is 5. The zero-order valence-electron chi connectivity index (χ0n) is 19.5. The lowest BCUT2D eigenvalue weighted by Gasteiger charge is -2.26. The number of carbonyl (C=O) groups is 2. The summed E-state index contributed by atoms with van der Waals surface area (Å²) >= 11 is 0. The monoisotopic (exact) mass is 482 g/mol. The van der Waals surface area contributed by atoms with Gasteiger partial charge in [-0.05, 0) is 55.2 Å². The van der Waals surface area contributed by atoms with Crippen LogP contribution in [0.1, 0.15) is 63.9 Å². The molecule has 1 aromatic rings. The molecule has 1 aliphatic carbocycles. The van der Waals surface area contributed by atoms with Crippen LogP contribution in [0.25, 0.3) is 0 Å². The van der Waals surface area contributed by atoms with Crippen molar-refractivity contribution in [1.82, 2.24) is 10.2 Å². The van der Waals surface area contributed by atoms with E-state index in [9.17, 15) is 22.4 Å². The summed E-state index contributed by atoms with van der Waals surface area (Å²) < 4.78 is 45.5. The normalized spacial score (nSPS) is 17.9. The lowest BCUT2D eigenvalue weighted by molar-refractivity contribution is -0.121. The molecule has 184 valence electrons. The van der Waals surface area contributed by atoms with Crippen LogP contribution in [0.3, 0.4) is 0 Å². The number of unbranched alkanes of at least 4 members (excludes halogenated alkanes) is 2. The number of amides is 3. The Balaban J connectivity index is 1.49. The zero-order valence-corrected chi connectivity index (χ0v) is 20.3. The van der Waals surface area contributed by atoms with Crippen molar-refractivity contribution in [1.29, 1.82) is 0 Å². The highest BCUT2D eigenvalue weighted by Gasteiger charge is 2.26. The van der Waals surface area contributed by atoms with E-state index >= 15 is 0 Å². The lowest BCUT2D eigenvalue weighted by atomic mass is 9.90. The molecule has 33 heavy (non-hydrogen) atoms. The topological polar surface area (TPSA) is 92.8 Å². The Morgan fingerprint density at radius 3 is 2.61 bits per heavy atom. The molecule has 0 spiro atoms. The van der Waals surface area contributed by atoms with E-state index < -0.39 is 15.7 Å². The summed E-state index contributed by atoms with van der Waals surface area (Å²) in [5.74, 6) is -0.0640. The predicted octanol–water partition coefficient (Wildman–Crippen LogP) is 3.88. The van der Waals surface area contributed by atoms with Gasteiger partial charge in [-0.25, -0.2) is 17.6 Å². The second kappa shape index (κ2) is 11.3. The van der Waals surface area contributed by atoms with Crippen LogP contribution in [0, 0.1) is 17.7 Å². The second-order valence-electron chi connectivity index (χ2n) is 9.56. The fourth-order valence-corrected chi connectivity index (χ4v) is 5.93. The molecule has 2 fully saturated rings. The Kier molecular flexibility index (Phi) is 8.73. The molecule has 3 rings (SSSR count). The van der Waals surface area contributed by atoms with Gasteiger partial charge in [-0.1, -0.05) is 26.3 Å². The first kappa shape index (κ1) is 25.5. The Morgan fingerprint density at radius 2 is 1.94 bits per heavy atom. The minimum atomic E-state index is -3.31. The quantitative estimate of drug-likeness (QED) is 0.431. The molecule has 1 aromatic carbocycles. The van der Waals surface area contributed by atoms with E-state index in [1.54, 1.807) is 17.0 Å². The third kappa shape index (κ3) is 7.98. The van der Waals surface area contributed by atoms with Gasteiger partial charge in [0.1, 0.15) is 0 Å². The SMILES string of the molecule is CC(C)C(CS(=O)(=O)CCCCCN1CCC(=O)NC1=O)c1ccc(F)c(OCC2CC2)c1. The van der Waals surface area contributed by atoms with Crippen molar-refractivity contribution in [3.8, 4) is 5.75 Å². The molecule has 1 N–H and O–H groups in total. The Morgan fingerprint density at radius 1 is 1.18 bits per heavy atom. The van der Waals surface area contributed by atoms with Crippen molar-refractivity contribution in [2.75, 3.05) is 31.2 Å². The molecule has 1 unspecified atom stereocenters. The zero-order chi connectivity index (χ0) is 24.0. The fraction of sp³-hybridized carbons (Fsp3) is 0.667. The number of nitrogens with one attached hydrogen (secondary N) is 1. The maximum Gasteiger partial charge on any atom is 0.324 e. The van der Waals surface area contributed by atoms with E-state index in [1.165, 1.54) is 6.07 Å². The number of nitrogens with zero attached hydrogens (tertiary/aromatic N) is 1. The number of ether oxygens (including phenoxy) is 1. The van der Waals surface area contributed by atoms with Crippen molar-refractivity contribution in [3.63, 3.8) is 0 Å². The average molecular weight is 483 g/mol. The van der Waals surface area contributed by atoms with E-state index in [4.69, 9.17) is 4.74 Å². The lowest BCUT2D eigenvalue weighted by Crippen LogP contribution is -2.49. The first-order chi connectivity index (χ1) is 15.6. The molecule has 1 atom stereocenters. The number of sulfone groups is 1. The van der Waals surface area contributed by atoms with Crippen LogP contribution >= 0.6 is 0 Å². The van der Waals surface area contributed by atoms with E-state index in [-0.39, 0.29) is 41.0 Å². The Bertz CT molecular complexity index is 946. The molecule has 2 aliphatic rings. The van der Waals surface area contributed by atoms with Crippen LogP contribution < -0.4 is 10.1 Å². The summed E-state index contributed by atoms with van der Waals surface area (Å²) in [6.07, 6.45) is 4.40. The number of hydrogen-bond donors (Lipinski definition) is 1. The molecule has 7 nitrogen and oxygen atoms in total. The molecule has 9 heteroatoms. The van der Waals surface area contributed by atoms with Gasteiger partial charge in [-0.15, -0.1) is 0 Å². The molecular formula is C24H35FN2O5S. The molecule has 1 aliphatic heterocycles. The van der Waals surface area contributed by atoms with Crippen LogP contribution in [0.15, 0.2) is 18.2 Å². The van der Waals surface area contributed by atoms with Gasteiger partial charge in [0.2, 0.25) is 5.91 Å². The number of urea groups is 1. The number of rotatable bonds is 13. The maximum absolute atomic E-state index is 14.2. The number of imide groups is 1. The van der Waals surface area contributed by atoms with Crippen molar-refractivity contribution >= 4 is 21.8 Å². The number of carbonyl (C=O) groups excluding carboxylic acids is 2. The number of halogens is 1. The highest BCUT2D eigenvalue weighted by molar-refractivity contribution is 7.91. The fourth-order valence-electron chi connectivity index (χ4n) is 4.00. The van der Waals surface area contributed by atoms with Gasteiger partial charge in [-0.2, -0.15) is 0 Å². The van der Waals surface area contributed by atoms with E-state index in [0.29, 0.717) is 51.3 Å². The van der Waals surface area contributed by atoms with Crippen LogP contribution in [0.5, 0.6) is 5.75 Å². The summed E-state index contributed by atoms with van der Waals surface area (Å²) in [6, 6.07) is 4.31. The van der Waals surface area contributed by atoms with Gasteiger partial charge < -0.3 is 9.64 Å². The van der Waals surface area contributed by atoms with Crippen LogP contribution in [0.4, 0.5) is 9.18 Å². The first-order valence-corrected chi connectivity index (χ1v) is 13.7. The molecular weight excluding hydrogens is 447 g/mol. The van der Waals surface area contributed by atoms with Crippen LogP contribution in [-0.4, -0.2) is 56.5 Å². The van der Waals surface area contributed by atoms with Crippen molar-refractivity contribution < 1.29 is 27.1 Å². The molecule has 0 aromatic heterocycles. The highest BCUT2D eigenvalue weighted by Crippen LogP contribution is 2.33. The molecule has 0 radical (unpaired) electrons. The Labute approximate surface area is 196 Å². The third-order valence-corrected chi connectivity index (χ3v) is 8.10. The van der Waals surface area contributed by atoms with E-state index in [0.717, 1.165) is 18.4 Å². The molecule has 3 amide bonds. The van der Waals surface area contributed by atoms with Gasteiger partial charge in [0, 0.05) is 25.4 Å². The van der Waals surface area contributed by atoms with Gasteiger partial charge in [0.05, 0.1) is 18.1 Å². The largest absolute Gasteiger partial charge is 0.490 e. The summed E-state index contributed by atoms with van der Waals surface area (Å²) in [4.78, 5) is 24.5. The van der Waals surface area contributed by atoms with Crippen LogP contribution in [-0.2, 0) is 14.6 Å². The van der Waals surface area contributed by atoms with E-state index in [2.05, 4.69) is 5.32 Å². The number of benzene rings is 1. The minimum absolute atomic E-state index is 0.00894. The van der Waals surface area contributed by atoms with Gasteiger partial charge in [0.15, 0.2) is 21.4 Å². The minimum Gasteiger partial charge on any atom is -0.490 e. The van der Waals surface area contributed by atoms with Crippen molar-refractivity contribution in [2.24, 2.45) is 11.8 Å². The molecule has 1 saturated heterocycles. The summed E-state index contributed by atoms with van der Waals surface area (Å²) in [7, 11) is -3.31. The third-order valence-electron chi connectivity index (χ3n) is 6.32. The van der Waals surface area contributed by atoms with Gasteiger partial charge in [0.25, 0.3) is 0 Å². The molecule has 1 saturated carbocycles. The predicted molar refractivity (Wildman–Crippen MR) is 124 cm³/mol. The van der Waals surface area contributed by atoms with Gasteiger partial charge >= 0.3 is 6.03 Å². The van der Waals surface area contributed by atoms with Crippen molar-refractivity contribution in [3.05, 3.63) is 29.6 Å². The van der Waals surface area contributed by atoms with Gasteiger partial charge in [-0.3, -0.25) is 10.1 Å². The summed E-state index contributed by atoms with van der Waals surface area (Å²) in [5.41, 5.74) is 0.784. The molecule has 0 bridgehead atoms. The first-order valence-electron chi connectivity index (χ1n) is 11.9. The smallest absolute Gasteiger partial charge is 0.324 e.